The number of rotatable bonds is 6. The molecule has 2 rings (SSSR count). The molecule has 116 valence electrons. The third-order valence-electron chi connectivity index (χ3n) is 3.03. The van der Waals surface area contributed by atoms with E-state index in [0.29, 0.717) is 6.54 Å². The lowest BCUT2D eigenvalue weighted by atomic mass is 10.2. The molecular weight excluding hydrogens is 284 g/mol. The lowest BCUT2D eigenvalue weighted by Gasteiger charge is -2.11. The fourth-order valence-electron chi connectivity index (χ4n) is 1.90. The van der Waals surface area contributed by atoms with Crippen molar-refractivity contribution in [3.63, 3.8) is 0 Å². The number of carbonyl (C=O) groups excluding carboxylic acids is 1. The summed E-state index contributed by atoms with van der Waals surface area (Å²) >= 11 is 0. The normalized spacial score (nSPS) is 10.3. The SMILES string of the molecule is CCOC(=O)c1ncn(CC)c(=O)c1OCc1ccccc1. The van der Waals surface area contributed by atoms with E-state index in [0.717, 1.165) is 5.56 Å². The molecule has 0 spiro atoms. The summed E-state index contributed by atoms with van der Waals surface area (Å²) in [7, 11) is 0. The molecule has 0 bridgehead atoms. The first-order valence-electron chi connectivity index (χ1n) is 7.10. The summed E-state index contributed by atoms with van der Waals surface area (Å²) in [6.07, 6.45) is 1.32. The summed E-state index contributed by atoms with van der Waals surface area (Å²) in [6, 6.07) is 9.39. The largest absolute Gasteiger partial charge is 0.481 e. The van der Waals surface area contributed by atoms with Gasteiger partial charge in [0.15, 0.2) is 5.69 Å². The number of hydrogen-bond acceptors (Lipinski definition) is 5. The molecule has 1 aromatic carbocycles. The Morgan fingerprint density at radius 3 is 2.59 bits per heavy atom. The van der Waals surface area contributed by atoms with Crippen LogP contribution in [0.3, 0.4) is 0 Å². The van der Waals surface area contributed by atoms with Gasteiger partial charge in [-0.15, -0.1) is 0 Å². The van der Waals surface area contributed by atoms with Crippen LogP contribution < -0.4 is 10.3 Å². The Kier molecular flexibility index (Phi) is 5.30. The van der Waals surface area contributed by atoms with Gasteiger partial charge in [0.2, 0.25) is 5.75 Å². The van der Waals surface area contributed by atoms with Crippen molar-refractivity contribution in [2.75, 3.05) is 6.61 Å². The van der Waals surface area contributed by atoms with E-state index in [1.54, 1.807) is 6.92 Å². The highest BCUT2D eigenvalue weighted by Gasteiger charge is 2.20. The molecule has 0 radical (unpaired) electrons. The fourth-order valence-corrected chi connectivity index (χ4v) is 1.90. The summed E-state index contributed by atoms with van der Waals surface area (Å²) in [4.78, 5) is 28.3. The molecule has 2 aromatic rings. The molecule has 0 aliphatic heterocycles. The van der Waals surface area contributed by atoms with Crippen LogP contribution in [-0.4, -0.2) is 22.1 Å². The quantitative estimate of drug-likeness (QED) is 0.763. The Balaban J connectivity index is 2.33. The molecular formula is C16H18N2O4. The van der Waals surface area contributed by atoms with E-state index in [2.05, 4.69) is 4.98 Å². The van der Waals surface area contributed by atoms with Crippen LogP contribution in [0, 0.1) is 0 Å². The number of nitrogens with zero attached hydrogens (tertiary/aromatic N) is 2. The van der Waals surface area contributed by atoms with Gasteiger partial charge in [0, 0.05) is 6.54 Å². The summed E-state index contributed by atoms with van der Waals surface area (Å²) in [5.41, 5.74) is 0.410. The van der Waals surface area contributed by atoms with Gasteiger partial charge in [0.1, 0.15) is 6.61 Å². The zero-order valence-electron chi connectivity index (χ0n) is 12.6. The number of aryl methyl sites for hydroxylation is 1. The van der Waals surface area contributed by atoms with Crippen LogP contribution in [-0.2, 0) is 17.9 Å². The van der Waals surface area contributed by atoms with E-state index in [-0.39, 0.29) is 24.7 Å². The first-order valence-corrected chi connectivity index (χ1v) is 7.10. The third-order valence-corrected chi connectivity index (χ3v) is 3.03. The van der Waals surface area contributed by atoms with Crippen molar-refractivity contribution >= 4 is 5.97 Å². The molecule has 0 atom stereocenters. The minimum atomic E-state index is -0.661. The van der Waals surface area contributed by atoms with Gasteiger partial charge in [-0.2, -0.15) is 0 Å². The van der Waals surface area contributed by atoms with Crippen molar-refractivity contribution in [3.8, 4) is 5.75 Å². The molecule has 6 heteroatoms. The smallest absolute Gasteiger partial charge is 0.361 e. The summed E-state index contributed by atoms with van der Waals surface area (Å²) < 4.78 is 11.9. The van der Waals surface area contributed by atoms with Crippen LogP contribution in [0.4, 0.5) is 0 Å². The molecule has 0 fully saturated rings. The molecule has 0 saturated carbocycles. The van der Waals surface area contributed by atoms with Gasteiger partial charge >= 0.3 is 5.97 Å². The number of benzene rings is 1. The number of ether oxygens (including phenoxy) is 2. The highest BCUT2D eigenvalue weighted by Crippen LogP contribution is 2.14. The maximum absolute atomic E-state index is 12.3. The predicted molar refractivity (Wildman–Crippen MR) is 80.9 cm³/mol. The topological polar surface area (TPSA) is 70.4 Å². The Labute approximate surface area is 128 Å². The summed E-state index contributed by atoms with van der Waals surface area (Å²) in [5, 5.41) is 0. The average Bonchev–Trinajstić information content (AvgIpc) is 2.54. The molecule has 0 amide bonds. The van der Waals surface area contributed by atoms with Gasteiger partial charge in [-0.25, -0.2) is 9.78 Å². The van der Waals surface area contributed by atoms with Crippen molar-refractivity contribution in [3.05, 3.63) is 58.3 Å². The van der Waals surface area contributed by atoms with Crippen LogP contribution in [0.5, 0.6) is 5.75 Å². The molecule has 0 aliphatic rings. The number of aromatic nitrogens is 2. The van der Waals surface area contributed by atoms with Crippen molar-refractivity contribution in [2.24, 2.45) is 0 Å². The van der Waals surface area contributed by atoms with E-state index in [1.807, 2.05) is 37.3 Å². The van der Waals surface area contributed by atoms with Crippen LogP contribution in [0.2, 0.25) is 0 Å². The second-order valence-corrected chi connectivity index (χ2v) is 4.51. The zero-order chi connectivity index (χ0) is 15.9. The zero-order valence-corrected chi connectivity index (χ0v) is 12.6. The van der Waals surface area contributed by atoms with Gasteiger partial charge in [0.25, 0.3) is 5.56 Å². The molecule has 1 heterocycles. The Bertz CT molecular complexity index is 695. The lowest BCUT2D eigenvalue weighted by molar-refractivity contribution is 0.0512. The molecule has 22 heavy (non-hydrogen) atoms. The Morgan fingerprint density at radius 1 is 1.23 bits per heavy atom. The molecule has 0 aliphatic carbocycles. The first kappa shape index (κ1) is 15.8. The minimum absolute atomic E-state index is 0.0772. The van der Waals surface area contributed by atoms with Crippen molar-refractivity contribution < 1.29 is 14.3 Å². The molecule has 6 nitrogen and oxygen atoms in total. The standard InChI is InChI=1S/C16H18N2O4/c1-3-18-11-17-13(16(20)21-4-2)14(15(18)19)22-10-12-8-6-5-7-9-12/h5-9,11H,3-4,10H2,1-2H3. The summed E-state index contributed by atoms with van der Waals surface area (Å²) in [5.74, 6) is -0.738. The molecule has 0 saturated heterocycles. The van der Waals surface area contributed by atoms with Gasteiger partial charge in [-0.05, 0) is 19.4 Å². The van der Waals surface area contributed by atoms with Gasteiger partial charge in [-0.1, -0.05) is 30.3 Å². The number of carbonyl (C=O) groups is 1. The monoisotopic (exact) mass is 302 g/mol. The molecule has 1 aromatic heterocycles. The number of hydrogen-bond donors (Lipinski definition) is 0. The minimum Gasteiger partial charge on any atom is -0.481 e. The predicted octanol–water partition coefficient (Wildman–Crippen LogP) is 2.02. The highest BCUT2D eigenvalue weighted by molar-refractivity contribution is 5.90. The van der Waals surface area contributed by atoms with Gasteiger partial charge in [-0.3, -0.25) is 9.36 Å². The first-order chi connectivity index (χ1) is 10.7. The van der Waals surface area contributed by atoms with Gasteiger partial charge < -0.3 is 9.47 Å². The van der Waals surface area contributed by atoms with Crippen LogP contribution >= 0.6 is 0 Å². The number of esters is 1. The van der Waals surface area contributed by atoms with Crippen LogP contribution in [0.1, 0.15) is 29.9 Å². The van der Waals surface area contributed by atoms with Crippen molar-refractivity contribution in [1.29, 1.82) is 0 Å². The molecule has 0 N–H and O–H groups in total. The third kappa shape index (κ3) is 3.52. The van der Waals surface area contributed by atoms with Gasteiger partial charge in [0.05, 0.1) is 12.9 Å². The molecule has 0 unspecified atom stereocenters. The van der Waals surface area contributed by atoms with E-state index in [1.165, 1.54) is 10.9 Å². The summed E-state index contributed by atoms with van der Waals surface area (Å²) in [6.45, 7) is 4.33. The maximum Gasteiger partial charge on any atom is 0.361 e. The van der Waals surface area contributed by atoms with Crippen molar-refractivity contribution in [2.45, 2.75) is 27.0 Å². The van der Waals surface area contributed by atoms with E-state index in [9.17, 15) is 9.59 Å². The Hall–Kier alpha value is -2.63. The van der Waals surface area contributed by atoms with Crippen LogP contribution in [0.15, 0.2) is 41.5 Å². The van der Waals surface area contributed by atoms with E-state index < -0.39 is 11.5 Å². The highest BCUT2D eigenvalue weighted by atomic mass is 16.5. The second kappa shape index (κ2) is 7.40. The fraction of sp³-hybridized carbons (Fsp3) is 0.312. The lowest BCUT2D eigenvalue weighted by Crippen LogP contribution is -2.25. The van der Waals surface area contributed by atoms with E-state index in [4.69, 9.17) is 9.47 Å². The second-order valence-electron chi connectivity index (χ2n) is 4.51. The van der Waals surface area contributed by atoms with Crippen LogP contribution in [0.25, 0.3) is 0 Å². The van der Waals surface area contributed by atoms with Crippen molar-refractivity contribution in [1.82, 2.24) is 9.55 Å². The average molecular weight is 302 g/mol. The van der Waals surface area contributed by atoms with E-state index >= 15 is 0 Å². The maximum atomic E-state index is 12.3. The Morgan fingerprint density at radius 2 is 1.95 bits per heavy atom.